The fourth-order valence-electron chi connectivity index (χ4n) is 2.52. The van der Waals surface area contributed by atoms with Crippen LogP contribution in [-0.2, 0) is 6.54 Å². The molecule has 0 spiro atoms. The van der Waals surface area contributed by atoms with Crippen LogP contribution in [0.5, 0.6) is 0 Å². The summed E-state index contributed by atoms with van der Waals surface area (Å²) >= 11 is 0. The van der Waals surface area contributed by atoms with Crippen molar-refractivity contribution in [3.63, 3.8) is 0 Å². The van der Waals surface area contributed by atoms with Crippen molar-refractivity contribution in [3.8, 4) is 0 Å². The van der Waals surface area contributed by atoms with Crippen molar-refractivity contribution in [1.82, 2.24) is 15.0 Å². The van der Waals surface area contributed by atoms with Crippen molar-refractivity contribution >= 4 is 11.0 Å². The summed E-state index contributed by atoms with van der Waals surface area (Å²) in [6, 6.07) is 13.1. The highest BCUT2D eigenvalue weighted by molar-refractivity contribution is 5.76. The third-order valence-corrected chi connectivity index (χ3v) is 4.11. The molecule has 0 N–H and O–H groups in total. The number of nitrogens with zero attached hydrogens (tertiary/aromatic N) is 3. The Morgan fingerprint density at radius 2 is 1.67 bits per heavy atom. The van der Waals surface area contributed by atoms with Crippen LogP contribution in [0.2, 0.25) is 0 Å². The number of hydrogen-bond donors (Lipinski definition) is 0. The highest BCUT2D eigenvalue weighted by Crippen LogP contribution is 2.19. The lowest BCUT2D eigenvalue weighted by atomic mass is 10.0. The summed E-state index contributed by atoms with van der Waals surface area (Å²) in [6.45, 7) is 9.43. The molecule has 3 rings (SSSR count). The van der Waals surface area contributed by atoms with Crippen LogP contribution < -0.4 is 0 Å². The van der Waals surface area contributed by atoms with Gasteiger partial charge in [-0.2, -0.15) is 0 Å². The number of benzene rings is 2. The average Bonchev–Trinajstić information content (AvgIpc) is 2.82. The van der Waals surface area contributed by atoms with Crippen molar-refractivity contribution in [1.29, 1.82) is 0 Å². The van der Waals surface area contributed by atoms with Gasteiger partial charge in [0, 0.05) is 0 Å². The zero-order valence-corrected chi connectivity index (χ0v) is 13.1. The van der Waals surface area contributed by atoms with Crippen LogP contribution in [0.3, 0.4) is 0 Å². The zero-order chi connectivity index (χ0) is 15.0. The molecule has 1 aromatic heterocycles. The summed E-state index contributed by atoms with van der Waals surface area (Å²) in [7, 11) is 0. The van der Waals surface area contributed by atoms with E-state index in [0.29, 0.717) is 5.92 Å². The van der Waals surface area contributed by atoms with Crippen LogP contribution in [0.4, 0.5) is 0 Å². The maximum Gasteiger partial charge on any atom is 0.113 e. The molecule has 0 aliphatic heterocycles. The number of fused-ring (bicyclic) bond motifs is 1. The molecule has 0 saturated heterocycles. The highest BCUT2D eigenvalue weighted by atomic mass is 15.4. The van der Waals surface area contributed by atoms with Gasteiger partial charge >= 0.3 is 0 Å². The lowest BCUT2D eigenvalue weighted by Crippen LogP contribution is -2.02. The lowest BCUT2D eigenvalue weighted by molar-refractivity contribution is 0.669. The smallest absolute Gasteiger partial charge is 0.113 e. The molecule has 2 aromatic carbocycles. The number of aryl methyl sites for hydroxylation is 2. The molecule has 21 heavy (non-hydrogen) atoms. The molecule has 3 nitrogen and oxygen atoms in total. The summed E-state index contributed by atoms with van der Waals surface area (Å²) in [4.78, 5) is 0. The van der Waals surface area contributed by atoms with E-state index in [0.717, 1.165) is 17.6 Å². The van der Waals surface area contributed by atoms with E-state index in [-0.39, 0.29) is 0 Å². The van der Waals surface area contributed by atoms with E-state index < -0.39 is 0 Å². The summed E-state index contributed by atoms with van der Waals surface area (Å²) in [5.41, 5.74) is 7.23. The number of hydrogen-bond acceptors (Lipinski definition) is 2. The maximum atomic E-state index is 4.30. The van der Waals surface area contributed by atoms with Gasteiger partial charge in [0.25, 0.3) is 0 Å². The lowest BCUT2D eigenvalue weighted by Gasteiger charge is -2.08. The minimum atomic E-state index is 0.567. The molecular weight excluding hydrogens is 258 g/mol. The van der Waals surface area contributed by atoms with Gasteiger partial charge in [-0.1, -0.05) is 43.3 Å². The van der Waals surface area contributed by atoms with Gasteiger partial charge < -0.3 is 0 Å². The quantitative estimate of drug-likeness (QED) is 0.718. The van der Waals surface area contributed by atoms with E-state index in [2.05, 4.69) is 74.4 Å². The fraction of sp³-hybridized carbons (Fsp3) is 0.333. The fourth-order valence-corrected chi connectivity index (χ4v) is 2.52. The molecule has 3 heteroatoms. The van der Waals surface area contributed by atoms with Gasteiger partial charge in [0.1, 0.15) is 5.52 Å². The van der Waals surface area contributed by atoms with Gasteiger partial charge in [0.15, 0.2) is 0 Å². The third-order valence-electron chi connectivity index (χ3n) is 4.11. The second-order valence-electron chi connectivity index (χ2n) is 6.07. The van der Waals surface area contributed by atoms with Crippen LogP contribution in [0.1, 0.15) is 42.0 Å². The molecule has 0 saturated carbocycles. The topological polar surface area (TPSA) is 30.7 Å². The maximum absolute atomic E-state index is 4.30. The summed E-state index contributed by atoms with van der Waals surface area (Å²) in [6.07, 6.45) is 0. The standard InChI is InChI=1S/C18H21N3/c1-12(2)16-7-5-15(6-8-16)11-21-18-10-14(4)13(3)9-17(18)19-20-21/h5-10,12H,11H2,1-4H3. The van der Waals surface area contributed by atoms with E-state index in [4.69, 9.17) is 0 Å². The Bertz CT molecular complexity index is 767. The number of aromatic nitrogens is 3. The van der Waals surface area contributed by atoms with E-state index in [1.165, 1.54) is 22.3 Å². The van der Waals surface area contributed by atoms with Crippen molar-refractivity contribution < 1.29 is 0 Å². The van der Waals surface area contributed by atoms with Gasteiger partial charge in [-0.25, -0.2) is 4.68 Å². The van der Waals surface area contributed by atoms with Crippen molar-refractivity contribution in [2.45, 2.75) is 40.2 Å². The molecule has 0 radical (unpaired) electrons. The number of rotatable bonds is 3. The first-order chi connectivity index (χ1) is 10.0. The van der Waals surface area contributed by atoms with E-state index >= 15 is 0 Å². The minimum absolute atomic E-state index is 0.567. The van der Waals surface area contributed by atoms with Crippen LogP contribution in [0, 0.1) is 13.8 Å². The van der Waals surface area contributed by atoms with E-state index in [1.54, 1.807) is 0 Å². The minimum Gasteiger partial charge on any atom is -0.240 e. The van der Waals surface area contributed by atoms with Gasteiger partial charge in [0.05, 0.1) is 12.1 Å². The van der Waals surface area contributed by atoms with Gasteiger partial charge in [-0.15, -0.1) is 5.10 Å². The van der Waals surface area contributed by atoms with Crippen molar-refractivity contribution in [2.24, 2.45) is 0 Å². The largest absolute Gasteiger partial charge is 0.240 e. The highest BCUT2D eigenvalue weighted by Gasteiger charge is 2.07. The Morgan fingerprint density at radius 1 is 1.00 bits per heavy atom. The SMILES string of the molecule is Cc1cc2nnn(Cc3ccc(C(C)C)cc3)c2cc1C. The predicted molar refractivity (Wildman–Crippen MR) is 86.6 cm³/mol. The Morgan fingerprint density at radius 3 is 2.33 bits per heavy atom. The predicted octanol–water partition coefficient (Wildman–Crippen LogP) is 4.22. The second kappa shape index (κ2) is 5.32. The first-order valence-electron chi connectivity index (χ1n) is 7.44. The Hall–Kier alpha value is -2.16. The Labute approximate surface area is 125 Å². The van der Waals surface area contributed by atoms with Crippen LogP contribution in [0.15, 0.2) is 36.4 Å². The van der Waals surface area contributed by atoms with Crippen LogP contribution in [-0.4, -0.2) is 15.0 Å². The molecule has 0 aliphatic rings. The van der Waals surface area contributed by atoms with Crippen LogP contribution >= 0.6 is 0 Å². The summed E-state index contributed by atoms with van der Waals surface area (Å²) in [5.74, 6) is 0.567. The molecule has 108 valence electrons. The molecular formula is C18H21N3. The Kier molecular flexibility index (Phi) is 3.50. The second-order valence-corrected chi connectivity index (χ2v) is 6.07. The molecule has 0 bridgehead atoms. The van der Waals surface area contributed by atoms with Crippen LogP contribution in [0.25, 0.3) is 11.0 Å². The van der Waals surface area contributed by atoms with Gasteiger partial charge in [-0.05, 0) is 54.2 Å². The van der Waals surface area contributed by atoms with Gasteiger partial charge in [-0.3, -0.25) is 0 Å². The first-order valence-corrected chi connectivity index (χ1v) is 7.44. The molecule has 0 amide bonds. The van der Waals surface area contributed by atoms with Crippen molar-refractivity contribution in [3.05, 3.63) is 58.7 Å². The third kappa shape index (κ3) is 2.68. The van der Waals surface area contributed by atoms with Gasteiger partial charge in [0.2, 0.25) is 0 Å². The Balaban J connectivity index is 1.92. The first kappa shape index (κ1) is 13.8. The summed E-state index contributed by atoms with van der Waals surface area (Å²) < 4.78 is 1.98. The zero-order valence-electron chi connectivity index (χ0n) is 13.1. The average molecular weight is 279 g/mol. The van der Waals surface area contributed by atoms with Crippen molar-refractivity contribution in [2.75, 3.05) is 0 Å². The molecule has 0 atom stereocenters. The molecule has 0 aliphatic carbocycles. The molecule has 3 aromatic rings. The van der Waals surface area contributed by atoms with E-state index in [9.17, 15) is 0 Å². The molecule has 0 fully saturated rings. The van der Waals surface area contributed by atoms with E-state index in [1.807, 2.05) is 4.68 Å². The summed E-state index contributed by atoms with van der Waals surface area (Å²) in [5, 5.41) is 8.57. The molecule has 1 heterocycles. The monoisotopic (exact) mass is 279 g/mol. The normalized spacial score (nSPS) is 11.5. The molecule has 0 unspecified atom stereocenters.